The number of ether oxygens (including phenoxy) is 3. The molecule has 0 radical (unpaired) electrons. The summed E-state index contributed by atoms with van der Waals surface area (Å²) >= 11 is 1.20. The van der Waals surface area contributed by atoms with Gasteiger partial charge >= 0.3 is 19.5 Å². The number of esters is 2. The summed E-state index contributed by atoms with van der Waals surface area (Å²) in [6.07, 6.45) is 1.47. The number of thiophene rings is 1. The quantitative estimate of drug-likeness (QED) is 0.176. The summed E-state index contributed by atoms with van der Waals surface area (Å²) in [7, 11) is -4.35. The number of alkyl halides is 1. The number of hydrogen-bond donors (Lipinski definition) is 1. The number of para-hydroxylation sites is 1. The lowest BCUT2D eigenvalue weighted by Gasteiger charge is -2.28. The molecule has 2 aromatic carbocycles. The van der Waals surface area contributed by atoms with E-state index < -0.39 is 31.4 Å². The molecule has 1 saturated heterocycles. The van der Waals surface area contributed by atoms with Crippen molar-refractivity contribution in [3.8, 4) is 5.75 Å². The maximum absolute atomic E-state index is 16.0. The van der Waals surface area contributed by atoms with Crippen molar-refractivity contribution in [3.63, 3.8) is 0 Å². The van der Waals surface area contributed by atoms with Gasteiger partial charge in [0, 0.05) is 10.6 Å². The van der Waals surface area contributed by atoms with E-state index in [1.807, 2.05) is 0 Å². The van der Waals surface area contributed by atoms with Gasteiger partial charge in [-0.3, -0.25) is 9.36 Å². The van der Waals surface area contributed by atoms with Gasteiger partial charge in [-0.1, -0.05) is 36.9 Å². The first-order chi connectivity index (χ1) is 17.8. The number of nitrogens with one attached hydrogen (secondary N) is 1. The molecule has 1 aromatic heterocycles. The van der Waals surface area contributed by atoms with Gasteiger partial charge < -0.3 is 18.7 Å². The molecule has 4 rings (SSSR count). The van der Waals surface area contributed by atoms with E-state index >= 15 is 4.39 Å². The number of rotatable bonds is 12. The third kappa shape index (κ3) is 6.64. The smallest absolute Gasteiger partial charge is 0.355 e. The van der Waals surface area contributed by atoms with Crippen molar-refractivity contribution < 1.29 is 37.3 Å². The average Bonchev–Trinajstić information content (AvgIpc) is 3.30. The number of hydrogen-bond acceptors (Lipinski definition) is 8. The van der Waals surface area contributed by atoms with Crippen LogP contribution in [-0.2, 0) is 23.6 Å². The molecular formula is C26H27FNO7PS. The van der Waals surface area contributed by atoms with E-state index in [4.69, 9.17) is 18.7 Å². The van der Waals surface area contributed by atoms with Crippen molar-refractivity contribution in [3.05, 3.63) is 77.7 Å². The Morgan fingerprint density at radius 3 is 2.65 bits per heavy atom. The van der Waals surface area contributed by atoms with Crippen LogP contribution in [0, 0.1) is 5.92 Å². The van der Waals surface area contributed by atoms with Gasteiger partial charge in [-0.15, -0.1) is 11.3 Å². The molecule has 196 valence electrons. The predicted octanol–water partition coefficient (Wildman–Crippen LogP) is 5.65. The third-order valence-corrected chi connectivity index (χ3v) is 8.75. The first-order valence-electron chi connectivity index (χ1n) is 11.6. The van der Waals surface area contributed by atoms with Crippen LogP contribution in [0.2, 0.25) is 0 Å². The fourth-order valence-electron chi connectivity index (χ4n) is 3.52. The van der Waals surface area contributed by atoms with E-state index in [0.29, 0.717) is 23.5 Å². The maximum atomic E-state index is 16.0. The van der Waals surface area contributed by atoms with Crippen LogP contribution in [0.5, 0.6) is 5.75 Å². The van der Waals surface area contributed by atoms with Gasteiger partial charge in [0.15, 0.2) is 0 Å². The Balaban J connectivity index is 1.57. The lowest BCUT2D eigenvalue weighted by molar-refractivity contribution is -0.152. The molecule has 3 atom stereocenters. The molecule has 2 heterocycles. The van der Waals surface area contributed by atoms with Crippen LogP contribution in [0.3, 0.4) is 0 Å². The number of carbonyl (C=O) groups is 2. The molecule has 0 aliphatic carbocycles. The normalized spacial score (nSPS) is 16.7. The van der Waals surface area contributed by atoms with E-state index in [0.717, 1.165) is 4.70 Å². The molecule has 1 N–H and O–H groups in total. The van der Waals surface area contributed by atoms with Crippen LogP contribution in [0.1, 0.15) is 28.1 Å². The van der Waals surface area contributed by atoms with Gasteiger partial charge in [0.2, 0.25) is 5.91 Å². The van der Waals surface area contributed by atoms with Gasteiger partial charge in [0.25, 0.3) is 0 Å². The molecule has 0 saturated carbocycles. The van der Waals surface area contributed by atoms with E-state index in [1.54, 1.807) is 42.5 Å². The standard InChI is InChI=1S/C26H27FNO7PS/c1-3-11-33-26(30)23-13-20-12-19(9-10-22(20)37-23)24(27)36(31,35-21-7-5-4-6-8-21)28-17(2)25(29)34-16-18-14-32-15-18/h3-10,12-13,17-18,24H,1,11,14-16H2,2H3,(H,28,31)/t17-,24+,36?/m0/s1. The van der Waals surface area contributed by atoms with Crippen LogP contribution in [-0.4, -0.2) is 44.4 Å². The van der Waals surface area contributed by atoms with Crippen LogP contribution < -0.4 is 9.61 Å². The summed E-state index contributed by atoms with van der Waals surface area (Å²) in [5, 5.41) is 3.15. The van der Waals surface area contributed by atoms with Gasteiger partial charge in [0.1, 0.15) is 23.3 Å². The first kappa shape index (κ1) is 27.0. The SMILES string of the molecule is C=CCOC(=O)c1cc2cc([C@H](F)P(=O)(N[C@@H](C)C(=O)OCC3COC3)Oc3ccccc3)ccc2s1. The Kier molecular flexibility index (Phi) is 8.76. The highest BCUT2D eigenvalue weighted by Gasteiger charge is 2.41. The molecule has 8 nitrogen and oxygen atoms in total. The van der Waals surface area contributed by atoms with Gasteiger partial charge in [-0.05, 0) is 48.2 Å². The fraction of sp³-hybridized carbons (Fsp3) is 0.308. The first-order valence-corrected chi connectivity index (χ1v) is 14.1. The monoisotopic (exact) mass is 547 g/mol. The molecule has 11 heteroatoms. The van der Waals surface area contributed by atoms with Gasteiger partial charge in [-0.2, -0.15) is 0 Å². The van der Waals surface area contributed by atoms with Crippen molar-refractivity contribution in [1.82, 2.24) is 5.09 Å². The molecule has 1 aliphatic rings. The molecular weight excluding hydrogens is 520 g/mol. The van der Waals surface area contributed by atoms with Crippen molar-refractivity contribution >= 4 is 40.9 Å². The molecule has 37 heavy (non-hydrogen) atoms. The Morgan fingerprint density at radius 1 is 1.22 bits per heavy atom. The second-order valence-electron chi connectivity index (χ2n) is 8.52. The van der Waals surface area contributed by atoms with Gasteiger partial charge in [-0.25, -0.2) is 14.3 Å². The minimum atomic E-state index is -4.35. The molecule has 3 aromatic rings. The predicted molar refractivity (Wildman–Crippen MR) is 139 cm³/mol. The molecule has 1 aliphatic heterocycles. The van der Waals surface area contributed by atoms with E-state index in [2.05, 4.69) is 11.7 Å². The average molecular weight is 548 g/mol. The van der Waals surface area contributed by atoms with Crippen LogP contribution in [0.15, 0.2) is 67.3 Å². The molecule has 1 fully saturated rings. The highest BCUT2D eigenvalue weighted by atomic mass is 32.1. The number of carbonyl (C=O) groups excluding carboxylic acids is 2. The number of halogens is 1. The summed E-state index contributed by atoms with van der Waals surface area (Å²) in [5.41, 5.74) is 0.0651. The Bertz CT molecular complexity index is 1310. The Labute approximate surface area is 217 Å². The maximum Gasteiger partial charge on any atom is 0.355 e. The van der Waals surface area contributed by atoms with Gasteiger partial charge in [0.05, 0.1) is 19.8 Å². The van der Waals surface area contributed by atoms with E-state index in [-0.39, 0.29) is 30.4 Å². The zero-order valence-electron chi connectivity index (χ0n) is 20.1. The fourth-order valence-corrected chi connectivity index (χ4v) is 6.36. The van der Waals surface area contributed by atoms with Crippen molar-refractivity contribution in [2.75, 3.05) is 26.4 Å². The zero-order valence-corrected chi connectivity index (χ0v) is 21.8. The highest BCUT2D eigenvalue weighted by Crippen LogP contribution is 2.58. The highest BCUT2D eigenvalue weighted by molar-refractivity contribution is 7.57. The van der Waals surface area contributed by atoms with Crippen LogP contribution in [0.25, 0.3) is 10.1 Å². The minimum Gasteiger partial charge on any atom is -0.464 e. The molecule has 0 spiro atoms. The Hall–Kier alpha value is -3.04. The lowest BCUT2D eigenvalue weighted by atomic mass is 10.1. The van der Waals surface area contributed by atoms with E-state index in [1.165, 1.54) is 36.5 Å². The summed E-state index contributed by atoms with van der Waals surface area (Å²) < 4.78 is 51.8. The minimum absolute atomic E-state index is 0.0651. The lowest BCUT2D eigenvalue weighted by Crippen LogP contribution is -2.38. The Morgan fingerprint density at radius 2 is 1.97 bits per heavy atom. The van der Waals surface area contributed by atoms with E-state index in [9.17, 15) is 14.2 Å². The molecule has 1 unspecified atom stereocenters. The largest absolute Gasteiger partial charge is 0.464 e. The summed E-state index contributed by atoms with van der Waals surface area (Å²) in [5.74, 6) is -3.01. The third-order valence-electron chi connectivity index (χ3n) is 5.53. The van der Waals surface area contributed by atoms with Crippen LogP contribution >= 0.6 is 18.9 Å². The summed E-state index contributed by atoms with van der Waals surface area (Å²) in [6, 6.07) is 13.3. The number of fused-ring (bicyclic) bond motifs is 1. The van der Waals surface area contributed by atoms with Crippen molar-refractivity contribution in [2.24, 2.45) is 5.92 Å². The summed E-state index contributed by atoms with van der Waals surface area (Å²) in [4.78, 5) is 25.1. The second-order valence-corrected chi connectivity index (χ2v) is 11.7. The topological polar surface area (TPSA) is 100 Å². The molecule has 0 bridgehead atoms. The van der Waals surface area contributed by atoms with Crippen molar-refractivity contribution in [2.45, 2.75) is 18.9 Å². The molecule has 0 amide bonds. The van der Waals surface area contributed by atoms with Crippen molar-refractivity contribution in [1.29, 1.82) is 0 Å². The summed E-state index contributed by atoms with van der Waals surface area (Å²) in [6.45, 7) is 6.22. The number of benzene rings is 2. The second kappa shape index (κ2) is 12.0. The zero-order chi connectivity index (χ0) is 26.4. The van der Waals surface area contributed by atoms with Crippen LogP contribution in [0.4, 0.5) is 4.39 Å².